The second kappa shape index (κ2) is 4.97. The lowest BCUT2D eigenvalue weighted by Crippen LogP contribution is -2.28. The van der Waals surface area contributed by atoms with Crippen LogP contribution in [0.2, 0.25) is 0 Å². The predicted octanol–water partition coefficient (Wildman–Crippen LogP) is 2.46. The van der Waals surface area contributed by atoms with Gasteiger partial charge < -0.3 is 16.2 Å². The van der Waals surface area contributed by atoms with Crippen molar-refractivity contribution >= 4 is 33.5 Å². The molecule has 0 radical (unpaired) electrons. The number of nitrogens with one attached hydrogen (secondary N) is 1. The van der Waals surface area contributed by atoms with Crippen LogP contribution in [0.1, 0.15) is 41.5 Å². The summed E-state index contributed by atoms with van der Waals surface area (Å²) in [5.41, 5.74) is 5.71. The Balaban J connectivity index is 3.40. The lowest BCUT2D eigenvalue weighted by atomic mass is 10.0. The molecule has 0 saturated heterocycles. The number of aromatic carboxylic acids is 1. The molecule has 0 aliphatic heterocycles. The van der Waals surface area contributed by atoms with Crippen molar-refractivity contribution in [2.75, 3.05) is 5.32 Å². The molecule has 0 aliphatic carbocycles. The van der Waals surface area contributed by atoms with E-state index in [0.717, 1.165) is 0 Å². The van der Waals surface area contributed by atoms with E-state index < -0.39 is 11.9 Å². The quantitative estimate of drug-likeness (QED) is 0.799. The maximum atomic E-state index is 11.4. The molecule has 1 amide bonds. The van der Waals surface area contributed by atoms with Crippen LogP contribution in [0.4, 0.5) is 5.69 Å². The lowest BCUT2D eigenvalue weighted by Gasteiger charge is -2.24. The Kier molecular flexibility index (Phi) is 4.01. The van der Waals surface area contributed by atoms with Crippen molar-refractivity contribution in [3.63, 3.8) is 0 Å². The van der Waals surface area contributed by atoms with Crippen LogP contribution in [0.5, 0.6) is 0 Å². The number of hydrogen-bond donors (Lipinski definition) is 3. The lowest BCUT2D eigenvalue weighted by molar-refractivity contribution is 0.0695. The number of primary amides is 1. The molecule has 0 spiro atoms. The fourth-order valence-electron chi connectivity index (χ4n) is 1.45. The first kappa shape index (κ1) is 14.5. The van der Waals surface area contributed by atoms with Crippen LogP contribution in [-0.4, -0.2) is 22.5 Å². The number of carbonyl (C=O) groups excluding carboxylic acids is 1. The van der Waals surface area contributed by atoms with Gasteiger partial charge >= 0.3 is 5.97 Å². The maximum absolute atomic E-state index is 11.4. The topological polar surface area (TPSA) is 92.4 Å². The van der Waals surface area contributed by atoms with Crippen molar-refractivity contribution in [2.45, 2.75) is 26.3 Å². The molecule has 6 heteroatoms. The van der Waals surface area contributed by atoms with Crippen molar-refractivity contribution in [2.24, 2.45) is 5.73 Å². The highest BCUT2D eigenvalue weighted by molar-refractivity contribution is 9.10. The molecule has 4 N–H and O–H groups in total. The van der Waals surface area contributed by atoms with E-state index in [4.69, 9.17) is 10.8 Å². The Morgan fingerprint density at radius 1 is 1.28 bits per heavy atom. The van der Waals surface area contributed by atoms with Gasteiger partial charge in [0.2, 0.25) is 0 Å². The van der Waals surface area contributed by atoms with Gasteiger partial charge in [0, 0.05) is 15.7 Å². The number of rotatable bonds is 3. The van der Waals surface area contributed by atoms with E-state index in [1.807, 2.05) is 20.8 Å². The number of carboxylic acids is 1. The summed E-state index contributed by atoms with van der Waals surface area (Å²) < 4.78 is 0.322. The molecule has 1 aromatic rings. The van der Waals surface area contributed by atoms with Gasteiger partial charge in [-0.15, -0.1) is 0 Å². The summed E-state index contributed by atoms with van der Waals surface area (Å²) in [5, 5.41) is 12.1. The molecule has 98 valence electrons. The molecule has 0 aliphatic rings. The zero-order chi connectivity index (χ0) is 14.1. The molecular formula is C12H15BrN2O3. The second-order valence-corrected chi connectivity index (χ2v) is 5.78. The van der Waals surface area contributed by atoms with Crippen molar-refractivity contribution in [1.29, 1.82) is 0 Å². The van der Waals surface area contributed by atoms with Gasteiger partial charge in [0.05, 0.1) is 11.1 Å². The molecule has 1 aromatic carbocycles. The van der Waals surface area contributed by atoms with Crippen LogP contribution in [0.15, 0.2) is 16.6 Å². The summed E-state index contributed by atoms with van der Waals surface area (Å²) in [4.78, 5) is 22.4. The summed E-state index contributed by atoms with van der Waals surface area (Å²) in [6.07, 6.45) is 0. The molecule has 0 bridgehead atoms. The van der Waals surface area contributed by atoms with E-state index in [2.05, 4.69) is 21.2 Å². The number of anilines is 1. The van der Waals surface area contributed by atoms with Crippen LogP contribution in [0, 0.1) is 0 Å². The minimum atomic E-state index is -1.07. The fourth-order valence-corrected chi connectivity index (χ4v) is 1.96. The zero-order valence-electron chi connectivity index (χ0n) is 10.4. The van der Waals surface area contributed by atoms with E-state index in [1.54, 1.807) is 0 Å². The van der Waals surface area contributed by atoms with Crippen LogP contribution < -0.4 is 11.1 Å². The zero-order valence-corrected chi connectivity index (χ0v) is 12.0. The highest BCUT2D eigenvalue weighted by Gasteiger charge is 2.19. The molecule has 1 rings (SSSR count). The highest BCUT2D eigenvalue weighted by atomic mass is 79.9. The van der Waals surface area contributed by atoms with E-state index in [-0.39, 0.29) is 16.7 Å². The third kappa shape index (κ3) is 3.46. The Morgan fingerprint density at radius 3 is 2.22 bits per heavy atom. The van der Waals surface area contributed by atoms with Gasteiger partial charge in [-0.1, -0.05) is 0 Å². The molecular weight excluding hydrogens is 300 g/mol. The van der Waals surface area contributed by atoms with Gasteiger partial charge in [-0.25, -0.2) is 4.79 Å². The number of amides is 1. The largest absolute Gasteiger partial charge is 0.478 e. The molecule has 0 unspecified atom stereocenters. The summed E-state index contributed by atoms with van der Waals surface area (Å²) in [6, 6.07) is 2.82. The summed E-state index contributed by atoms with van der Waals surface area (Å²) >= 11 is 3.11. The Hall–Kier alpha value is -1.56. The number of carboxylic acid groups (broad SMARTS) is 1. The number of nitrogens with two attached hydrogens (primary N) is 1. The molecule has 18 heavy (non-hydrogen) atoms. The molecule has 0 heterocycles. The molecule has 0 fully saturated rings. The monoisotopic (exact) mass is 314 g/mol. The summed E-state index contributed by atoms with van der Waals surface area (Å²) in [6.45, 7) is 5.71. The van der Waals surface area contributed by atoms with E-state index in [0.29, 0.717) is 10.2 Å². The SMILES string of the molecule is CC(C)(C)Nc1cc(C(=O)O)c(Br)cc1C(N)=O. The van der Waals surface area contributed by atoms with Gasteiger partial charge in [0.25, 0.3) is 5.91 Å². The van der Waals surface area contributed by atoms with Crippen molar-refractivity contribution in [3.8, 4) is 0 Å². The standard InChI is InChI=1S/C12H15BrN2O3/c1-12(2,3)15-9-5-6(11(17)18)8(13)4-7(9)10(14)16/h4-5,15H,1-3H3,(H2,14,16)(H,17,18). The molecule has 5 nitrogen and oxygen atoms in total. The Morgan fingerprint density at radius 2 is 1.83 bits per heavy atom. The Labute approximate surface area is 113 Å². The third-order valence-electron chi connectivity index (χ3n) is 2.11. The fraction of sp³-hybridized carbons (Fsp3) is 0.333. The highest BCUT2D eigenvalue weighted by Crippen LogP contribution is 2.27. The van der Waals surface area contributed by atoms with Gasteiger partial charge in [-0.05, 0) is 48.8 Å². The normalized spacial score (nSPS) is 11.1. The molecule has 0 atom stereocenters. The maximum Gasteiger partial charge on any atom is 0.336 e. The van der Waals surface area contributed by atoms with Gasteiger partial charge in [0.1, 0.15) is 0 Å². The van der Waals surface area contributed by atoms with Crippen molar-refractivity contribution in [1.82, 2.24) is 0 Å². The minimum absolute atomic E-state index is 0.0757. The van der Waals surface area contributed by atoms with Crippen molar-refractivity contribution in [3.05, 3.63) is 27.7 Å². The number of hydrogen-bond acceptors (Lipinski definition) is 3. The first-order valence-corrected chi connectivity index (χ1v) is 6.06. The van der Waals surface area contributed by atoms with Crippen LogP contribution in [0.3, 0.4) is 0 Å². The smallest absolute Gasteiger partial charge is 0.336 e. The average molecular weight is 315 g/mol. The molecule has 0 saturated carbocycles. The van der Waals surface area contributed by atoms with Gasteiger partial charge in [0.15, 0.2) is 0 Å². The van der Waals surface area contributed by atoms with Crippen LogP contribution >= 0.6 is 15.9 Å². The van der Waals surface area contributed by atoms with Gasteiger partial charge in [-0.3, -0.25) is 4.79 Å². The van der Waals surface area contributed by atoms with E-state index in [1.165, 1.54) is 12.1 Å². The van der Waals surface area contributed by atoms with Crippen LogP contribution in [-0.2, 0) is 0 Å². The predicted molar refractivity (Wildman–Crippen MR) is 73.0 cm³/mol. The third-order valence-corrected chi connectivity index (χ3v) is 2.77. The minimum Gasteiger partial charge on any atom is -0.478 e. The van der Waals surface area contributed by atoms with E-state index in [9.17, 15) is 9.59 Å². The van der Waals surface area contributed by atoms with Gasteiger partial charge in [-0.2, -0.15) is 0 Å². The summed E-state index contributed by atoms with van der Waals surface area (Å²) in [5.74, 6) is -1.69. The van der Waals surface area contributed by atoms with Crippen molar-refractivity contribution < 1.29 is 14.7 Å². The first-order chi connectivity index (χ1) is 8.11. The first-order valence-electron chi connectivity index (χ1n) is 5.26. The number of benzene rings is 1. The molecule has 0 aromatic heterocycles. The summed E-state index contributed by atoms with van der Waals surface area (Å²) in [7, 11) is 0. The van der Waals surface area contributed by atoms with Crippen LogP contribution in [0.25, 0.3) is 0 Å². The van der Waals surface area contributed by atoms with E-state index >= 15 is 0 Å². The second-order valence-electron chi connectivity index (χ2n) is 4.92. The Bertz CT molecular complexity index is 507. The average Bonchev–Trinajstić information content (AvgIpc) is 2.17. The number of carbonyl (C=O) groups is 2. The number of halogens is 1.